The molecule has 1 aromatic carbocycles. The van der Waals surface area contributed by atoms with Gasteiger partial charge in [0, 0.05) is 10.4 Å². The lowest BCUT2D eigenvalue weighted by atomic mass is 10.1. The van der Waals surface area contributed by atoms with Crippen LogP contribution in [0.2, 0.25) is 0 Å². The van der Waals surface area contributed by atoms with Crippen LogP contribution < -0.4 is 14.8 Å². The van der Waals surface area contributed by atoms with Crippen LogP contribution in [0, 0.1) is 0 Å². The van der Waals surface area contributed by atoms with E-state index in [1.54, 1.807) is 31.2 Å². The smallest absolute Gasteiger partial charge is 0.341 e. The zero-order valence-corrected chi connectivity index (χ0v) is 17.8. The number of benzene rings is 1. The topological polar surface area (TPSA) is 90.9 Å². The molecule has 0 saturated heterocycles. The average molecular weight is 419 g/mol. The molecule has 156 valence electrons. The van der Waals surface area contributed by atoms with Gasteiger partial charge < -0.3 is 19.5 Å². The number of nitrogens with one attached hydrogen (secondary N) is 1. The Labute approximate surface area is 174 Å². The number of esters is 1. The molecule has 0 fully saturated rings. The summed E-state index contributed by atoms with van der Waals surface area (Å²) in [4.78, 5) is 36.5. The van der Waals surface area contributed by atoms with Crippen molar-refractivity contribution in [3.05, 3.63) is 40.3 Å². The molecule has 2 aromatic rings. The molecule has 0 aliphatic carbocycles. The number of aldehydes is 1. The van der Waals surface area contributed by atoms with Crippen LogP contribution in [-0.4, -0.2) is 38.0 Å². The van der Waals surface area contributed by atoms with Gasteiger partial charge in [-0.15, -0.1) is 11.3 Å². The lowest BCUT2D eigenvalue weighted by Crippen LogP contribution is -2.21. The van der Waals surface area contributed by atoms with Crippen molar-refractivity contribution in [1.29, 1.82) is 0 Å². The minimum Gasteiger partial charge on any atom is -0.490 e. The normalized spacial score (nSPS) is 10.5. The Morgan fingerprint density at radius 2 is 1.86 bits per heavy atom. The summed E-state index contributed by atoms with van der Waals surface area (Å²) >= 11 is 1.34. The minimum atomic E-state index is -0.477. The molecule has 0 aliphatic rings. The van der Waals surface area contributed by atoms with Gasteiger partial charge in [-0.1, -0.05) is 13.8 Å². The second kappa shape index (κ2) is 10.6. The van der Waals surface area contributed by atoms with Crippen LogP contribution >= 0.6 is 11.3 Å². The van der Waals surface area contributed by atoms with E-state index in [1.807, 2.05) is 20.8 Å². The third kappa shape index (κ3) is 6.05. The molecular weight excluding hydrogens is 394 g/mol. The molecule has 8 heteroatoms. The Kier molecular flexibility index (Phi) is 8.21. The van der Waals surface area contributed by atoms with Crippen LogP contribution in [0.15, 0.2) is 24.3 Å². The van der Waals surface area contributed by atoms with Gasteiger partial charge in [0.15, 0.2) is 18.1 Å². The van der Waals surface area contributed by atoms with E-state index >= 15 is 0 Å². The molecule has 2 rings (SSSR count). The first-order valence-electron chi connectivity index (χ1n) is 9.35. The number of ether oxygens (including phenoxy) is 3. The van der Waals surface area contributed by atoms with Gasteiger partial charge in [-0.3, -0.25) is 9.59 Å². The van der Waals surface area contributed by atoms with Gasteiger partial charge in [-0.25, -0.2) is 4.79 Å². The molecule has 7 nitrogen and oxygen atoms in total. The number of thiophene rings is 1. The van der Waals surface area contributed by atoms with Crippen LogP contribution in [0.3, 0.4) is 0 Å². The standard InChI is InChI=1S/C21H25NO6S/c1-5-26-17-9-14(11-23)7-8-16(17)28-12-19(24)22-20-15(21(25)27-6-2)10-18(29-20)13(3)4/h7-11,13H,5-6,12H2,1-4H3,(H,22,24). The van der Waals surface area contributed by atoms with Gasteiger partial charge in [-0.2, -0.15) is 0 Å². The van der Waals surface area contributed by atoms with Gasteiger partial charge in [0.05, 0.1) is 18.8 Å². The summed E-state index contributed by atoms with van der Waals surface area (Å²) in [6.45, 7) is 7.91. The number of carbonyl (C=O) groups excluding carboxylic acids is 3. The third-order valence-electron chi connectivity index (χ3n) is 3.83. The first kappa shape index (κ1) is 22.4. The van der Waals surface area contributed by atoms with Gasteiger partial charge >= 0.3 is 5.97 Å². The second-order valence-corrected chi connectivity index (χ2v) is 7.44. The van der Waals surface area contributed by atoms with Crippen molar-refractivity contribution in [2.75, 3.05) is 25.1 Å². The number of anilines is 1. The summed E-state index contributed by atoms with van der Waals surface area (Å²) in [5, 5.41) is 3.16. The van der Waals surface area contributed by atoms with Gasteiger partial charge in [0.25, 0.3) is 5.91 Å². The van der Waals surface area contributed by atoms with Crippen LogP contribution in [0.4, 0.5) is 5.00 Å². The van der Waals surface area contributed by atoms with E-state index in [-0.39, 0.29) is 19.1 Å². The van der Waals surface area contributed by atoms with Crippen molar-refractivity contribution in [1.82, 2.24) is 0 Å². The molecule has 0 radical (unpaired) electrons. The third-order valence-corrected chi connectivity index (χ3v) is 5.18. The maximum Gasteiger partial charge on any atom is 0.341 e. The second-order valence-electron chi connectivity index (χ2n) is 6.36. The summed E-state index contributed by atoms with van der Waals surface area (Å²) in [6.07, 6.45) is 0.707. The fourth-order valence-corrected chi connectivity index (χ4v) is 3.50. The van der Waals surface area contributed by atoms with Crippen molar-refractivity contribution in [3.63, 3.8) is 0 Å². The highest BCUT2D eigenvalue weighted by atomic mass is 32.1. The van der Waals surface area contributed by atoms with Crippen molar-refractivity contribution >= 4 is 34.5 Å². The van der Waals surface area contributed by atoms with Crippen LogP contribution in [-0.2, 0) is 9.53 Å². The van der Waals surface area contributed by atoms with E-state index in [4.69, 9.17) is 14.2 Å². The van der Waals surface area contributed by atoms with Gasteiger partial charge in [0.2, 0.25) is 0 Å². The lowest BCUT2D eigenvalue weighted by Gasteiger charge is -2.12. The minimum absolute atomic E-state index is 0.208. The first-order valence-corrected chi connectivity index (χ1v) is 10.2. The van der Waals surface area contributed by atoms with Crippen molar-refractivity contribution in [2.45, 2.75) is 33.6 Å². The number of carbonyl (C=O) groups is 3. The maximum absolute atomic E-state index is 12.4. The highest BCUT2D eigenvalue weighted by Gasteiger charge is 2.20. The highest BCUT2D eigenvalue weighted by Crippen LogP contribution is 2.33. The summed E-state index contributed by atoms with van der Waals surface area (Å²) < 4.78 is 16.1. The summed E-state index contributed by atoms with van der Waals surface area (Å²) in [5.74, 6) is 0.0485. The largest absolute Gasteiger partial charge is 0.490 e. The molecular formula is C21H25NO6S. The quantitative estimate of drug-likeness (QED) is 0.457. The Morgan fingerprint density at radius 1 is 1.10 bits per heavy atom. The first-order chi connectivity index (χ1) is 13.9. The number of hydrogen-bond acceptors (Lipinski definition) is 7. The van der Waals surface area contributed by atoms with Crippen molar-refractivity contribution in [3.8, 4) is 11.5 Å². The summed E-state index contributed by atoms with van der Waals surface area (Å²) in [6, 6.07) is 6.45. The van der Waals surface area contributed by atoms with E-state index < -0.39 is 11.9 Å². The molecule has 1 heterocycles. The molecule has 1 aromatic heterocycles. The van der Waals surface area contributed by atoms with Crippen molar-refractivity contribution < 1.29 is 28.6 Å². The van der Waals surface area contributed by atoms with E-state index in [0.717, 1.165) is 4.88 Å². The summed E-state index contributed by atoms with van der Waals surface area (Å²) in [5.41, 5.74) is 0.781. The fourth-order valence-electron chi connectivity index (χ4n) is 2.44. The number of amides is 1. The fraction of sp³-hybridized carbons (Fsp3) is 0.381. The van der Waals surface area contributed by atoms with Crippen LogP contribution in [0.25, 0.3) is 0 Å². The molecule has 0 spiro atoms. The SMILES string of the molecule is CCOC(=O)c1cc(C(C)C)sc1NC(=O)COc1ccc(C=O)cc1OCC. The molecule has 1 N–H and O–H groups in total. The predicted octanol–water partition coefficient (Wildman–Crippen LogP) is 4.28. The predicted molar refractivity (Wildman–Crippen MR) is 111 cm³/mol. The Bertz CT molecular complexity index is 874. The zero-order chi connectivity index (χ0) is 21.4. The maximum atomic E-state index is 12.4. The number of hydrogen-bond donors (Lipinski definition) is 1. The Morgan fingerprint density at radius 3 is 2.48 bits per heavy atom. The van der Waals surface area contributed by atoms with Crippen LogP contribution in [0.1, 0.15) is 59.2 Å². The monoisotopic (exact) mass is 419 g/mol. The summed E-state index contributed by atoms with van der Waals surface area (Å²) in [7, 11) is 0. The molecule has 0 aliphatic heterocycles. The average Bonchev–Trinajstić information content (AvgIpc) is 3.11. The molecule has 0 unspecified atom stereocenters. The zero-order valence-electron chi connectivity index (χ0n) is 16.9. The Hall–Kier alpha value is -2.87. The molecule has 0 saturated carbocycles. The highest BCUT2D eigenvalue weighted by molar-refractivity contribution is 7.16. The lowest BCUT2D eigenvalue weighted by molar-refractivity contribution is -0.118. The van der Waals surface area contributed by atoms with E-state index in [9.17, 15) is 14.4 Å². The molecule has 0 bridgehead atoms. The van der Waals surface area contributed by atoms with Gasteiger partial charge in [0.1, 0.15) is 11.3 Å². The molecule has 29 heavy (non-hydrogen) atoms. The number of rotatable bonds is 10. The van der Waals surface area contributed by atoms with Gasteiger partial charge in [-0.05, 0) is 44.0 Å². The van der Waals surface area contributed by atoms with E-state index in [1.165, 1.54) is 11.3 Å². The molecule has 0 atom stereocenters. The van der Waals surface area contributed by atoms with Crippen molar-refractivity contribution in [2.24, 2.45) is 0 Å². The van der Waals surface area contributed by atoms with Crippen LogP contribution in [0.5, 0.6) is 11.5 Å². The molecule has 1 amide bonds. The van der Waals surface area contributed by atoms with E-state index in [2.05, 4.69) is 5.32 Å². The Balaban J connectivity index is 2.11. The van der Waals surface area contributed by atoms with E-state index in [0.29, 0.717) is 40.5 Å².